The first-order valence-corrected chi connectivity index (χ1v) is 6.75. The number of benzene rings is 1. The number of fused-ring (bicyclic) bond motifs is 1. The second-order valence-corrected chi connectivity index (χ2v) is 5.02. The van der Waals surface area contributed by atoms with E-state index in [9.17, 15) is 0 Å². The number of ether oxygens (including phenoxy) is 1. The molecule has 1 atom stereocenters. The highest BCUT2D eigenvalue weighted by atomic mass is 16.5. The quantitative estimate of drug-likeness (QED) is 0.763. The molecule has 2 heteroatoms. The zero-order valence-electron chi connectivity index (χ0n) is 11.0. The van der Waals surface area contributed by atoms with Crippen molar-refractivity contribution in [3.8, 4) is 5.75 Å². The van der Waals surface area contributed by atoms with Crippen LogP contribution in [0.15, 0.2) is 18.2 Å². The molecule has 1 unspecified atom stereocenters. The Bertz CT molecular complexity index is 362. The van der Waals surface area contributed by atoms with Crippen LogP contribution in [-0.2, 0) is 12.8 Å². The van der Waals surface area contributed by atoms with Crippen molar-refractivity contribution in [1.29, 1.82) is 0 Å². The summed E-state index contributed by atoms with van der Waals surface area (Å²) >= 11 is 0. The molecule has 0 amide bonds. The zero-order valence-corrected chi connectivity index (χ0v) is 11.0. The molecule has 0 fully saturated rings. The predicted molar refractivity (Wildman–Crippen MR) is 71.7 cm³/mol. The minimum atomic E-state index is 0.664. The van der Waals surface area contributed by atoms with E-state index in [1.54, 1.807) is 0 Å². The first-order valence-electron chi connectivity index (χ1n) is 6.75. The van der Waals surface area contributed by atoms with Gasteiger partial charge in [0.05, 0.1) is 6.61 Å². The molecule has 1 aromatic rings. The first-order chi connectivity index (χ1) is 8.31. The highest BCUT2D eigenvalue weighted by Gasteiger charge is 2.16. The summed E-state index contributed by atoms with van der Waals surface area (Å²) in [6.07, 6.45) is 3.39. The SMILES string of the molecule is CCCNCC(C)Cc1cccc2c1OCC2. The highest BCUT2D eigenvalue weighted by molar-refractivity contribution is 5.44. The molecule has 0 spiro atoms. The molecule has 1 heterocycles. The molecule has 1 aromatic carbocycles. The molecule has 94 valence electrons. The van der Waals surface area contributed by atoms with Gasteiger partial charge in [0, 0.05) is 6.42 Å². The molecule has 2 nitrogen and oxygen atoms in total. The lowest BCUT2D eigenvalue weighted by molar-refractivity contribution is 0.351. The predicted octanol–water partition coefficient (Wildman–Crippen LogP) is 2.80. The number of hydrogen-bond acceptors (Lipinski definition) is 2. The Balaban J connectivity index is 1.92. The van der Waals surface area contributed by atoms with Gasteiger partial charge in [-0.1, -0.05) is 32.0 Å². The maximum Gasteiger partial charge on any atom is 0.125 e. The molecular formula is C15H23NO. The fraction of sp³-hybridized carbons (Fsp3) is 0.600. The summed E-state index contributed by atoms with van der Waals surface area (Å²) in [5.74, 6) is 1.83. The van der Waals surface area contributed by atoms with Crippen molar-refractivity contribution in [1.82, 2.24) is 5.32 Å². The molecule has 17 heavy (non-hydrogen) atoms. The van der Waals surface area contributed by atoms with Crippen LogP contribution in [0.5, 0.6) is 5.75 Å². The maximum atomic E-state index is 5.74. The zero-order chi connectivity index (χ0) is 12.1. The van der Waals surface area contributed by atoms with E-state index in [2.05, 4.69) is 37.4 Å². The topological polar surface area (TPSA) is 21.3 Å². The van der Waals surface area contributed by atoms with E-state index in [1.165, 1.54) is 17.5 Å². The number of rotatable bonds is 6. The number of para-hydroxylation sites is 1. The Labute approximate surface area is 104 Å². The van der Waals surface area contributed by atoms with Gasteiger partial charge in [-0.05, 0) is 43.0 Å². The normalized spacial score (nSPS) is 15.4. The standard InChI is InChI=1S/C15H23NO/c1-3-8-16-11-12(2)10-14-6-4-5-13-7-9-17-15(13)14/h4-6,12,16H,3,7-11H2,1-2H3. The van der Waals surface area contributed by atoms with Crippen molar-refractivity contribution >= 4 is 0 Å². The van der Waals surface area contributed by atoms with Crippen LogP contribution in [-0.4, -0.2) is 19.7 Å². The fourth-order valence-corrected chi connectivity index (χ4v) is 2.42. The lowest BCUT2D eigenvalue weighted by Crippen LogP contribution is -2.23. The molecule has 0 bridgehead atoms. The van der Waals surface area contributed by atoms with Crippen molar-refractivity contribution in [2.45, 2.75) is 33.1 Å². The largest absolute Gasteiger partial charge is 0.493 e. The third-order valence-corrected chi connectivity index (χ3v) is 3.28. The van der Waals surface area contributed by atoms with Gasteiger partial charge in [0.25, 0.3) is 0 Å². The van der Waals surface area contributed by atoms with E-state index in [0.717, 1.165) is 38.3 Å². The molecule has 1 aliphatic rings. The van der Waals surface area contributed by atoms with Crippen LogP contribution >= 0.6 is 0 Å². The molecule has 2 rings (SSSR count). The van der Waals surface area contributed by atoms with Crippen LogP contribution in [0.2, 0.25) is 0 Å². The first kappa shape index (κ1) is 12.4. The molecule has 0 saturated carbocycles. The Morgan fingerprint density at radius 1 is 1.41 bits per heavy atom. The van der Waals surface area contributed by atoms with Crippen molar-refractivity contribution in [2.75, 3.05) is 19.7 Å². The molecule has 1 N–H and O–H groups in total. The molecule has 0 radical (unpaired) electrons. The summed E-state index contributed by atoms with van der Waals surface area (Å²) in [4.78, 5) is 0. The third-order valence-electron chi connectivity index (χ3n) is 3.28. The minimum Gasteiger partial charge on any atom is -0.493 e. The van der Waals surface area contributed by atoms with Crippen LogP contribution in [0.4, 0.5) is 0 Å². The van der Waals surface area contributed by atoms with Gasteiger partial charge in [-0.3, -0.25) is 0 Å². The molecule has 0 aromatic heterocycles. The van der Waals surface area contributed by atoms with Crippen LogP contribution < -0.4 is 10.1 Å². The monoisotopic (exact) mass is 233 g/mol. The van der Waals surface area contributed by atoms with E-state index in [4.69, 9.17) is 4.74 Å². The Morgan fingerprint density at radius 3 is 3.12 bits per heavy atom. The van der Waals surface area contributed by atoms with Crippen LogP contribution in [0, 0.1) is 5.92 Å². The second kappa shape index (κ2) is 6.06. The van der Waals surface area contributed by atoms with Gasteiger partial charge in [0.1, 0.15) is 5.75 Å². The van der Waals surface area contributed by atoms with Gasteiger partial charge >= 0.3 is 0 Å². The molecular weight excluding hydrogens is 210 g/mol. The average Bonchev–Trinajstić information content (AvgIpc) is 2.78. The lowest BCUT2D eigenvalue weighted by atomic mass is 9.98. The number of nitrogens with one attached hydrogen (secondary N) is 1. The molecule has 0 aliphatic carbocycles. The second-order valence-electron chi connectivity index (χ2n) is 5.02. The summed E-state index contributed by atoms with van der Waals surface area (Å²) in [7, 11) is 0. The highest BCUT2D eigenvalue weighted by Crippen LogP contribution is 2.30. The van der Waals surface area contributed by atoms with Gasteiger partial charge in [0.2, 0.25) is 0 Å². The van der Waals surface area contributed by atoms with Crippen LogP contribution in [0.1, 0.15) is 31.4 Å². The Morgan fingerprint density at radius 2 is 2.29 bits per heavy atom. The summed E-state index contributed by atoms with van der Waals surface area (Å²) < 4.78 is 5.74. The Hall–Kier alpha value is -1.02. The van der Waals surface area contributed by atoms with Gasteiger partial charge < -0.3 is 10.1 Å². The smallest absolute Gasteiger partial charge is 0.125 e. The van der Waals surface area contributed by atoms with Crippen molar-refractivity contribution in [2.24, 2.45) is 5.92 Å². The Kier molecular flexibility index (Phi) is 4.43. The summed E-state index contributed by atoms with van der Waals surface area (Å²) in [6.45, 7) is 7.58. The summed E-state index contributed by atoms with van der Waals surface area (Å²) in [5.41, 5.74) is 2.77. The number of hydrogen-bond donors (Lipinski definition) is 1. The maximum absolute atomic E-state index is 5.74. The minimum absolute atomic E-state index is 0.664. The van der Waals surface area contributed by atoms with E-state index >= 15 is 0 Å². The van der Waals surface area contributed by atoms with E-state index in [-0.39, 0.29) is 0 Å². The van der Waals surface area contributed by atoms with Gasteiger partial charge in [-0.2, -0.15) is 0 Å². The van der Waals surface area contributed by atoms with Gasteiger partial charge in [-0.15, -0.1) is 0 Å². The molecule has 1 aliphatic heterocycles. The average molecular weight is 233 g/mol. The van der Waals surface area contributed by atoms with Crippen LogP contribution in [0.3, 0.4) is 0 Å². The van der Waals surface area contributed by atoms with Crippen molar-refractivity contribution < 1.29 is 4.74 Å². The van der Waals surface area contributed by atoms with Gasteiger partial charge in [-0.25, -0.2) is 0 Å². The van der Waals surface area contributed by atoms with E-state index in [0.29, 0.717) is 5.92 Å². The molecule has 0 saturated heterocycles. The fourth-order valence-electron chi connectivity index (χ4n) is 2.42. The van der Waals surface area contributed by atoms with Gasteiger partial charge in [0.15, 0.2) is 0 Å². The summed E-state index contributed by atoms with van der Waals surface area (Å²) in [6, 6.07) is 6.56. The van der Waals surface area contributed by atoms with Crippen molar-refractivity contribution in [3.63, 3.8) is 0 Å². The summed E-state index contributed by atoms with van der Waals surface area (Å²) in [5, 5.41) is 3.48. The van der Waals surface area contributed by atoms with Crippen LogP contribution in [0.25, 0.3) is 0 Å². The third kappa shape index (κ3) is 3.22. The van der Waals surface area contributed by atoms with E-state index in [1.807, 2.05) is 0 Å². The lowest BCUT2D eigenvalue weighted by Gasteiger charge is -2.14. The van der Waals surface area contributed by atoms with Crippen molar-refractivity contribution in [3.05, 3.63) is 29.3 Å². The van der Waals surface area contributed by atoms with E-state index < -0.39 is 0 Å².